The number of fused-ring (bicyclic) bond motifs is 1. The van der Waals surface area contributed by atoms with Crippen LogP contribution in [0.2, 0.25) is 0 Å². The van der Waals surface area contributed by atoms with Crippen molar-refractivity contribution in [2.75, 3.05) is 20.3 Å². The Morgan fingerprint density at radius 3 is 2.53 bits per heavy atom. The van der Waals surface area contributed by atoms with Gasteiger partial charge in [-0.25, -0.2) is 0 Å². The predicted octanol–water partition coefficient (Wildman–Crippen LogP) is 4.88. The third-order valence-corrected chi connectivity index (χ3v) is 6.36. The van der Waals surface area contributed by atoms with E-state index in [1.54, 1.807) is 7.11 Å². The van der Waals surface area contributed by atoms with Crippen LogP contribution >= 0.6 is 0 Å². The molecule has 0 bridgehead atoms. The largest absolute Gasteiger partial charge is 0.493 e. The van der Waals surface area contributed by atoms with Crippen molar-refractivity contribution < 1.29 is 14.3 Å². The Morgan fingerprint density at radius 2 is 1.88 bits per heavy atom. The highest BCUT2D eigenvalue weighted by atomic mass is 16.5. The molecule has 5 heteroatoms. The van der Waals surface area contributed by atoms with Crippen molar-refractivity contribution in [3.8, 4) is 11.5 Å². The minimum atomic E-state index is 0.0542. The van der Waals surface area contributed by atoms with E-state index < -0.39 is 0 Å². The van der Waals surface area contributed by atoms with Gasteiger partial charge < -0.3 is 14.8 Å². The van der Waals surface area contributed by atoms with Crippen LogP contribution in [0.15, 0.2) is 36.4 Å². The maximum absolute atomic E-state index is 12.0. The summed E-state index contributed by atoms with van der Waals surface area (Å²) in [5.41, 5.74) is 5.05. The lowest BCUT2D eigenvalue weighted by Gasteiger charge is -2.30. The molecule has 2 aromatic rings. The normalized spacial score (nSPS) is 17.0. The molecule has 0 unspecified atom stereocenters. The number of methoxy groups -OCH3 is 1. The second-order valence-electron chi connectivity index (χ2n) is 9.65. The average Bonchev–Trinajstić information content (AvgIpc) is 3.63. The Kier molecular flexibility index (Phi) is 7.04. The molecule has 0 saturated heterocycles. The standard InChI is InChI=1S/C27H36N2O3/c1-18(2)17-32-25-12-11-23-16-29(14-13-24(23)26(25)31-4)15-20-5-7-21(8-6-20)19(3)28-27(30)22-9-10-22/h5-8,11-12,18-19,22H,9-10,13-17H2,1-4H3,(H,28,30)/t19-/m0/s1. The minimum absolute atomic E-state index is 0.0542. The van der Waals surface area contributed by atoms with Gasteiger partial charge in [-0.2, -0.15) is 0 Å². The highest BCUT2D eigenvalue weighted by Gasteiger charge is 2.30. The van der Waals surface area contributed by atoms with Crippen molar-refractivity contribution in [2.45, 2.75) is 59.2 Å². The molecule has 4 rings (SSSR count). The van der Waals surface area contributed by atoms with Crippen LogP contribution in [0.25, 0.3) is 0 Å². The molecule has 32 heavy (non-hydrogen) atoms. The summed E-state index contributed by atoms with van der Waals surface area (Å²) in [6, 6.07) is 13.0. The van der Waals surface area contributed by atoms with Gasteiger partial charge in [0.2, 0.25) is 5.91 Å². The second kappa shape index (κ2) is 9.95. The number of nitrogens with zero attached hydrogens (tertiary/aromatic N) is 1. The summed E-state index contributed by atoms with van der Waals surface area (Å²) in [7, 11) is 1.74. The molecule has 1 heterocycles. The lowest BCUT2D eigenvalue weighted by molar-refractivity contribution is -0.122. The Bertz CT molecular complexity index is 935. The van der Waals surface area contributed by atoms with Crippen molar-refractivity contribution in [3.63, 3.8) is 0 Å². The van der Waals surface area contributed by atoms with Crippen molar-refractivity contribution in [3.05, 3.63) is 58.7 Å². The molecule has 0 radical (unpaired) electrons. The number of hydrogen-bond donors (Lipinski definition) is 1. The fourth-order valence-electron chi connectivity index (χ4n) is 4.32. The molecule has 1 aliphatic carbocycles. The van der Waals surface area contributed by atoms with Gasteiger partial charge in [-0.05, 0) is 54.9 Å². The van der Waals surface area contributed by atoms with Crippen LogP contribution in [0.4, 0.5) is 0 Å². The molecular weight excluding hydrogens is 400 g/mol. The van der Waals surface area contributed by atoms with Gasteiger partial charge in [0, 0.05) is 31.1 Å². The quantitative estimate of drug-likeness (QED) is 0.609. The molecule has 5 nitrogen and oxygen atoms in total. The number of carbonyl (C=O) groups excluding carboxylic acids is 1. The van der Waals surface area contributed by atoms with Crippen molar-refractivity contribution in [1.29, 1.82) is 0 Å². The zero-order chi connectivity index (χ0) is 22.7. The number of ether oxygens (including phenoxy) is 2. The highest BCUT2D eigenvalue weighted by molar-refractivity contribution is 5.81. The predicted molar refractivity (Wildman–Crippen MR) is 127 cm³/mol. The van der Waals surface area contributed by atoms with Crippen molar-refractivity contribution >= 4 is 5.91 Å². The summed E-state index contributed by atoms with van der Waals surface area (Å²) in [6.45, 7) is 9.87. The molecule has 1 fully saturated rings. The molecule has 1 saturated carbocycles. The number of amides is 1. The zero-order valence-electron chi connectivity index (χ0n) is 19.8. The molecule has 2 aliphatic rings. The number of rotatable bonds is 9. The van der Waals surface area contributed by atoms with Gasteiger partial charge in [-0.3, -0.25) is 9.69 Å². The Balaban J connectivity index is 1.37. The van der Waals surface area contributed by atoms with E-state index in [4.69, 9.17) is 9.47 Å². The number of nitrogens with one attached hydrogen (secondary N) is 1. The lowest BCUT2D eigenvalue weighted by Crippen LogP contribution is -2.30. The van der Waals surface area contributed by atoms with Crippen molar-refractivity contribution in [1.82, 2.24) is 10.2 Å². The third-order valence-electron chi connectivity index (χ3n) is 6.36. The summed E-state index contributed by atoms with van der Waals surface area (Å²) in [5.74, 6) is 2.67. The lowest BCUT2D eigenvalue weighted by atomic mass is 9.97. The summed E-state index contributed by atoms with van der Waals surface area (Å²) >= 11 is 0. The van der Waals surface area contributed by atoms with Gasteiger partial charge in [0.15, 0.2) is 11.5 Å². The molecule has 1 N–H and O–H groups in total. The van der Waals surface area contributed by atoms with E-state index in [0.717, 1.165) is 56.0 Å². The van der Waals surface area contributed by atoms with Gasteiger partial charge in [0.05, 0.1) is 19.8 Å². The van der Waals surface area contributed by atoms with Crippen LogP contribution in [-0.2, 0) is 24.3 Å². The van der Waals surface area contributed by atoms with Gasteiger partial charge in [0.1, 0.15) is 0 Å². The van der Waals surface area contributed by atoms with E-state index in [0.29, 0.717) is 12.5 Å². The fraction of sp³-hybridized carbons (Fsp3) is 0.519. The Labute approximate surface area is 192 Å². The molecule has 1 aliphatic heterocycles. The zero-order valence-corrected chi connectivity index (χ0v) is 19.8. The third kappa shape index (κ3) is 5.44. The van der Waals surface area contributed by atoms with Crippen LogP contribution < -0.4 is 14.8 Å². The minimum Gasteiger partial charge on any atom is -0.493 e. The fourth-order valence-corrected chi connectivity index (χ4v) is 4.32. The Morgan fingerprint density at radius 1 is 1.12 bits per heavy atom. The van der Waals surface area contributed by atoms with Gasteiger partial charge in [-0.15, -0.1) is 0 Å². The van der Waals surface area contributed by atoms with E-state index in [-0.39, 0.29) is 17.9 Å². The first-order valence-electron chi connectivity index (χ1n) is 11.9. The van der Waals surface area contributed by atoms with Gasteiger partial charge >= 0.3 is 0 Å². The first-order valence-corrected chi connectivity index (χ1v) is 11.9. The van der Waals surface area contributed by atoms with E-state index in [2.05, 4.69) is 67.4 Å². The van der Waals surface area contributed by atoms with Crippen LogP contribution in [0.5, 0.6) is 11.5 Å². The van der Waals surface area contributed by atoms with Crippen LogP contribution in [0.3, 0.4) is 0 Å². The van der Waals surface area contributed by atoms with E-state index in [1.807, 2.05) is 0 Å². The molecule has 2 aromatic carbocycles. The molecule has 0 spiro atoms. The van der Waals surface area contributed by atoms with Gasteiger partial charge in [0.25, 0.3) is 0 Å². The van der Waals surface area contributed by atoms with Crippen LogP contribution in [0, 0.1) is 11.8 Å². The molecular formula is C27H36N2O3. The number of benzene rings is 2. The number of carbonyl (C=O) groups is 1. The smallest absolute Gasteiger partial charge is 0.223 e. The van der Waals surface area contributed by atoms with E-state index in [9.17, 15) is 4.79 Å². The van der Waals surface area contributed by atoms with Gasteiger partial charge in [-0.1, -0.05) is 44.2 Å². The summed E-state index contributed by atoms with van der Waals surface area (Å²) in [6.07, 6.45) is 3.03. The SMILES string of the molecule is COc1c(OCC(C)C)ccc2c1CCN(Cc1ccc([C@H](C)NC(=O)C3CC3)cc1)C2. The average molecular weight is 437 g/mol. The molecule has 1 atom stereocenters. The first-order chi connectivity index (χ1) is 15.4. The van der Waals surface area contributed by atoms with Crippen LogP contribution in [-0.4, -0.2) is 31.1 Å². The maximum atomic E-state index is 12.0. The topological polar surface area (TPSA) is 50.8 Å². The molecule has 172 valence electrons. The summed E-state index contributed by atoms with van der Waals surface area (Å²) < 4.78 is 11.7. The Hall–Kier alpha value is -2.53. The summed E-state index contributed by atoms with van der Waals surface area (Å²) in [5, 5.41) is 3.13. The molecule has 1 amide bonds. The van der Waals surface area contributed by atoms with Crippen LogP contribution in [0.1, 0.15) is 61.9 Å². The molecule has 0 aromatic heterocycles. The number of hydrogen-bond acceptors (Lipinski definition) is 4. The monoisotopic (exact) mass is 436 g/mol. The highest BCUT2D eigenvalue weighted by Crippen LogP contribution is 2.37. The van der Waals surface area contributed by atoms with Crippen molar-refractivity contribution in [2.24, 2.45) is 11.8 Å². The second-order valence-corrected chi connectivity index (χ2v) is 9.65. The maximum Gasteiger partial charge on any atom is 0.223 e. The summed E-state index contributed by atoms with van der Waals surface area (Å²) in [4.78, 5) is 14.5. The van der Waals surface area contributed by atoms with E-state index >= 15 is 0 Å². The first kappa shape index (κ1) is 22.7. The van der Waals surface area contributed by atoms with E-state index in [1.165, 1.54) is 16.7 Å².